The fourth-order valence-electron chi connectivity index (χ4n) is 2.15. The van der Waals surface area contributed by atoms with E-state index in [-0.39, 0.29) is 12.2 Å². The number of aliphatic hydroxyl groups excluding tert-OH is 1. The largest absolute Gasteiger partial charge is 0.395 e. The number of nitrogens with zero attached hydrogens (tertiary/aromatic N) is 2. The minimum Gasteiger partial charge on any atom is -0.395 e. The third-order valence-electron chi connectivity index (χ3n) is 2.96. The molecule has 1 unspecified atom stereocenters. The lowest BCUT2D eigenvalue weighted by atomic mass is 10.2. The average molecular weight is 238 g/mol. The molecule has 1 aliphatic heterocycles. The van der Waals surface area contributed by atoms with Gasteiger partial charge in [0.15, 0.2) is 5.82 Å². The summed E-state index contributed by atoms with van der Waals surface area (Å²) in [7, 11) is 0. The van der Waals surface area contributed by atoms with Crippen molar-refractivity contribution in [2.45, 2.75) is 18.9 Å². The van der Waals surface area contributed by atoms with Crippen molar-refractivity contribution in [2.75, 3.05) is 31.1 Å². The number of anilines is 1. The van der Waals surface area contributed by atoms with Crippen molar-refractivity contribution in [3.63, 3.8) is 0 Å². The molecular formula is C11H18N4O2. The van der Waals surface area contributed by atoms with Crippen molar-refractivity contribution in [1.29, 1.82) is 0 Å². The van der Waals surface area contributed by atoms with E-state index >= 15 is 0 Å². The minimum atomic E-state index is -0.209. The normalized spacial score (nSPS) is 19.5. The Kier molecular flexibility index (Phi) is 4.11. The summed E-state index contributed by atoms with van der Waals surface area (Å²) in [5.41, 5.74) is -0.209. The minimum absolute atomic E-state index is 0.0166. The number of hydrogen-bond donors (Lipinski definition) is 3. The third kappa shape index (κ3) is 3.04. The Morgan fingerprint density at radius 1 is 1.59 bits per heavy atom. The molecule has 0 aliphatic carbocycles. The Balaban J connectivity index is 2.10. The van der Waals surface area contributed by atoms with Gasteiger partial charge in [0.1, 0.15) is 0 Å². The van der Waals surface area contributed by atoms with Crippen LogP contribution in [0.25, 0.3) is 0 Å². The fraction of sp³-hybridized carbons (Fsp3) is 0.636. The molecule has 1 saturated heterocycles. The van der Waals surface area contributed by atoms with Gasteiger partial charge in [-0.15, -0.1) is 0 Å². The Morgan fingerprint density at radius 2 is 2.47 bits per heavy atom. The van der Waals surface area contributed by atoms with Gasteiger partial charge in [0.25, 0.3) is 5.56 Å². The van der Waals surface area contributed by atoms with Gasteiger partial charge in [-0.3, -0.25) is 4.79 Å². The first kappa shape index (κ1) is 12.1. The molecule has 1 atom stereocenters. The summed E-state index contributed by atoms with van der Waals surface area (Å²) in [5.74, 6) is 0.384. The number of aromatic nitrogens is 2. The van der Waals surface area contributed by atoms with E-state index < -0.39 is 0 Å². The Bertz CT molecular complexity index is 400. The van der Waals surface area contributed by atoms with Crippen LogP contribution in [0.1, 0.15) is 12.8 Å². The van der Waals surface area contributed by atoms with Crippen LogP contribution in [0.5, 0.6) is 0 Å². The molecule has 1 fully saturated rings. The summed E-state index contributed by atoms with van der Waals surface area (Å²) >= 11 is 0. The maximum Gasteiger partial charge on any atom is 0.290 e. The first-order valence-corrected chi connectivity index (χ1v) is 5.94. The van der Waals surface area contributed by atoms with Crippen molar-refractivity contribution in [3.8, 4) is 0 Å². The summed E-state index contributed by atoms with van der Waals surface area (Å²) in [5, 5.41) is 12.4. The van der Waals surface area contributed by atoms with Crippen molar-refractivity contribution >= 4 is 5.82 Å². The molecule has 3 N–H and O–H groups in total. The smallest absolute Gasteiger partial charge is 0.290 e. The number of aliphatic hydroxyl groups is 1. The summed E-state index contributed by atoms with van der Waals surface area (Å²) < 4.78 is 0. The highest BCUT2D eigenvalue weighted by Gasteiger charge is 2.20. The van der Waals surface area contributed by atoms with Crippen LogP contribution < -0.4 is 15.8 Å². The second-order valence-electron chi connectivity index (χ2n) is 4.20. The number of aromatic amines is 1. The Hall–Kier alpha value is -1.40. The van der Waals surface area contributed by atoms with Crippen molar-refractivity contribution < 1.29 is 5.11 Å². The lowest BCUT2D eigenvalue weighted by molar-refractivity contribution is 0.300. The molecule has 1 aromatic rings. The summed E-state index contributed by atoms with van der Waals surface area (Å²) in [4.78, 5) is 20.2. The Labute approximate surface area is 99.7 Å². The molecule has 2 rings (SSSR count). The molecule has 0 radical (unpaired) electrons. The van der Waals surface area contributed by atoms with E-state index in [1.807, 2.05) is 4.90 Å². The highest BCUT2D eigenvalue weighted by molar-refractivity contribution is 5.35. The van der Waals surface area contributed by atoms with Gasteiger partial charge < -0.3 is 20.3 Å². The van der Waals surface area contributed by atoms with Crippen LogP contribution in [0.4, 0.5) is 5.82 Å². The van der Waals surface area contributed by atoms with Crippen molar-refractivity contribution in [1.82, 2.24) is 15.3 Å². The molecular weight excluding hydrogens is 220 g/mol. The Morgan fingerprint density at radius 3 is 3.12 bits per heavy atom. The maximum absolute atomic E-state index is 11.6. The van der Waals surface area contributed by atoms with Crippen LogP contribution in [-0.2, 0) is 0 Å². The van der Waals surface area contributed by atoms with Crippen LogP contribution in [0, 0.1) is 0 Å². The molecule has 17 heavy (non-hydrogen) atoms. The van der Waals surface area contributed by atoms with E-state index in [1.165, 1.54) is 6.20 Å². The second-order valence-corrected chi connectivity index (χ2v) is 4.20. The van der Waals surface area contributed by atoms with E-state index in [4.69, 9.17) is 5.11 Å². The van der Waals surface area contributed by atoms with Crippen LogP contribution in [0.15, 0.2) is 17.2 Å². The highest BCUT2D eigenvalue weighted by atomic mass is 16.3. The summed E-state index contributed by atoms with van der Waals surface area (Å²) in [6, 6.07) is 0.378. The molecule has 2 heterocycles. The van der Waals surface area contributed by atoms with E-state index in [9.17, 15) is 4.79 Å². The fourth-order valence-corrected chi connectivity index (χ4v) is 2.15. The van der Waals surface area contributed by atoms with Gasteiger partial charge in [-0.25, -0.2) is 4.98 Å². The van der Waals surface area contributed by atoms with E-state index in [2.05, 4.69) is 15.3 Å². The van der Waals surface area contributed by atoms with E-state index in [0.717, 1.165) is 19.4 Å². The van der Waals surface area contributed by atoms with Crippen LogP contribution in [0.3, 0.4) is 0 Å². The van der Waals surface area contributed by atoms with Crippen molar-refractivity contribution in [3.05, 3.63) is 22.7 Å². The summed E-state index contributed by atoms with van der Waals surface area (Å²) in [6.07, 6.45) is 5.34. The molecule has 94 valence electrons. The predicted molar refractivity (Wildman–Crippen MR) is 65.2 cm³/mol. The molecule has 1 aromatic heterocycles. The van der Waals surface area contributed by atoms with Gasteiger partial charge in [0.05, 0.1) is 6.61 Å². The number of hydrogen-bond acceptors (Lipinski definition) is 5. The lowest BCUT2D eigenvalue weighted by Crippen LogP contribution is -2.41. The van der Waals surface area contributed by atoms with Gasteiger partial charge in [0, 0.05) is 31.5 Å². The second kappa shape index (κ2) is 5.79. The highest BCUT2D eigenvalue weighted by Crippen LogP contribution is 2.10. The molecule has 0 amide bonds. The van der Waals surface area contributed by atoms with Crippen molar-refractivity contribution in [2.24, 2.45) is 0 Å². The van der Waals surface area contributed by atoms with Gasteiger partial charge in [-0.05, 0) is 19.4 Å². The predicted octanol–water partition coefficient (Wildman–Crippen LogP) is -0.679. The van der Waals surface area contributed by atoms with Gasteiger partial charge in [-0.1, -0.05) is 0 Å². The van der Waals surface area contributed by atoms with Gasteiger partial charge in [-0.2, -0.15) is 0 Å². The molecule has 0 saturated carbocycles. The molecule has 0 spiro atoms. The molecule has 6 nitrogen and oxygen atoms in total. The maximum atomic E-state index is 11.6. The van der Waals surface area contributed by atoms with E-state index in [0.29, 0.717) is 24.9 Å². The molecule has 1 aliphatic rings. The quantitative estimate of drug-likeness (QED) is 0.633. The zero-order valence-electron chi connectivity index (χ0n) is 9.72. The lowest BCUT2D eigenvalue weighted by Gasteiger charge is -2.25. The molecule has 6 heteroatoms. The zero-order valence-corrected chi connectivity index (χ0v) is 9.72. The standard InChI is InChI=1S/C11H18N4O2/c16-7-6-15(8-9-2-1-3-12-9)10-11(17)14-5-4-13-10/h4-5,9,12,16H,1-3,6-8H2,(H,14,17). The number of nitrogens with one attached hydrogen (secondary N) is 2. The van der Waals surface area contributed by atoms with Crippen LogP contribution in [0.2, 0.25) is 0 Å². The topological polar surface area (TPSA) is 81.2 Å². The molecule has 0 bridgehead atoms. The third-order valence-corrected chi connectivity index (χ3v) is 2.96. The monoisotopic (exact) mass is 238 g/mol. The first-order chi connectivity index (χ1) is 8.31. The number of rotatable bonds is 5. The molecule has 0 aromatic carbocycles. The zero-order chi connectivity index (χ0) is 12.1. The average Bonchev–Trinajstić information content (AvgIpc) is 2.82. The first-order valence-electron chi connectivity index (χ1n) is 5.94. The summed E-state index contributed by atoms with van der Waals surface area (Å²) in [6.45, 7) is 2.18. The number of H-pyrrole nitrogens is 1. The SMILES string of the molecule is O=c1[nH]ccnc1N(CCO)CC1CCCN1. The van der Waals surface area contributed by atoms with Crippen LogP contribution in [-0.4, -0.2) is 47.4 Å². The van der Waals surface area contributed by atoms with Gasteiger partial charge >= 0.3 is 0 Å². The van der Waals surface area contributed by atoms with Gasteiger partial charge in [0.2, 0.25) is 0 Å². The van der Waals surface area contributed by atoms with E-state index in [1.54, 1.807) is 6.20 Å². The van der Waals surface area contributed by atoms with Crippen LogP contribution >= 0.6 is 0 Å².